The van der Waals surface area contributed by atoms with E-state index in [4.69, 9.17) is 4.98 Å². The van der Waals surface area contributed by atoms with Gasteiger partial charge in [0.05, 0.1) is 34.2 Å². The molecular weight excluding hydrogens is 390 g/mol. The highest BCUT2D eigenvalue weighted by molar-refractivity contribution is 6.14. The Hall–Kier alpha value is -4.00. The normalized spacial score (nSPS) is 10.8. The van der Waals surface area contributed by atoms with Crippen LogP contribution in [0.25, 0.3) is 22.3 Å². The van der Waals surface area contributed by atoms with Gasteiger partial charge in [-0.2, -0.15) is 5.10 Å². The molecule has 2 amide bonds. The summed E-state index contributed by atoms with van der Waals surface area (Å²) in [5, 5.41) is 10.8. The standard InChI is InChI=1S/C24H23N5O2/c1-4-29-23-19(14-25-29)18(13-21(27-23)17-8-6-5-7-9-17)24(31)28-22-12-15(2)10-11-20(22)26-16(3)30/h5-14H,4H2,1-3H3,(H,26,30)(H,28,31). The molecule has 2 aromatic heterocycles. The predicted molar refractivity (Wildman–Crippen MR) is 122 cm³/mol. The van der Waals surface area contributed by atoms with Crippen molar-refractivity contribution in [2.75, 3.05) is 10.6 Å². The molecule has 0 radical (unpaired) electrons. The molecule has 2 heterocycles. The van der Waals surface area contributed by atoms with E-state index in [1.165, 1.54) is 6.92 Å². The molecule has 0 aliphatic carbocycles. The highest BCUT2D eigenvalue weighted by Crippen LogP contribution is 2.28. The number of aryl methyl sites for hydroxylation is 2. The monoisotopic (exact) mass is 413 g/mol. The Bertz CT molecular complexity index is 1280. The Morgan fingerprint density at radius 1 is 1.00 bits per heavy atom. The van der Waals surface area contributed by atoms with E-state index in [2.05, 4.69) is 15.7 Å². The molecule has 4 aromatic rings. The molecule has 0 bridgehead atoms. The Morgan fingerprint density at radius 2 is 1.77 bits per heavy atom. The van der Waals surface area contributed by atoms with Gasteiger partial charge < -0.3 is 10.6 Å². The zero-order valence-electron chi connectivity index (χ0n) is 17.6. The summed E-state index contributed by atoms with van der Waals surface area (Å²) in [6, 6.07) is 17.0. The van der Waals surface area contributed by atoms with E-state index in [9.17, 15) is 9.59 Å². The Balaban J connectivity index is 1.81. The van der Waals surface area contributed by atoms with Crippen molar-refractivity contribution < 1.29 is 9.59 Å². The lowest BCUT2D eigenvalue weighted by molar-refractivity contribution is -0.114. The van der Waals surface area contributed by atoms with Crippen molar-refractivity contribution in [2.45, 2.75) is 27.3 Å². The van der Waals surface area contributed by atoms with Crippen LogP contribution in [-0.2, 0) is 11.3 Å². The second-order valence-corrected chi connectivity index (χ2v) is 7.30. The number of carbonyl (C=O) groups excluding carboxylic acids is 2. The lowest BCUT2D eigenvalue weighted by atomic mass is 10.1. The topological polar surface area (TPSA) is 88.9 Å². The predicted octanol–water partition coefficient (Wildman–Crippen LogP) is 4.64. The maximum atomic E-state index is 13.4. The van der Waals surface area contributed by atoms with Crippen LogP contribution in [0.1, 0.15) is 29.8 Å². The van der Waals surface area contributed by atoms with Crippen LogP contribution in [0.4, 0.5) is 11.4 Å². The molecule has 7 heteroatoms. The van der Waals surface area contributed by atoms with Gasteiger partial charge in [-0.15, -0.1) is 0 Å². The molecule has 4 rings (SSSR count). The number of rotatable bonds is 5. The highest BCUT2D eigenvalue weighted by Gasteiger charge is 2.18. The molecule has 0 saturated carbocycles. The summed E-state index contributed by atoms with van der Waals surface area (Å²) in [6.45, 7) is 5.98. The Kier molecular flexibility index (Phi) is 5.49. The third-order valence-corrected chi connectivity index (χ3v) is 4.96. The second kappa shape index (κ2) is 8.39. The number of nitrogens with zero attached hydrogens (tertiary/aromatic N) is 3. The zero-order chi connectivity index (χ0) is 22.0. The molecule has 2 N–H and O–H groups in total. The first kappa shape index (κ1) is 20.3. The van der Waals surface area contributed by atoms with Crippen LogP contribution >= 0.6 is 0 Å². The summed E-state index contributed by atoms with van der Waals surface area (Å²) in [6.07, 6.45) is 1.67. The number of amides is 2. The van der Waals surface area contributed by atoms with E-state index >= 15 is 0 Å². The van der Waals surface area contributed by atoms with Gasteiger partial charge in [0.25, 0.3) is 5.91 Å². The van der Waals surface area contributed by atoms with E-state index in [1.807, 2.05) is 56.3 Å². The number of aromatic nitrogens is 3. The summed E-state index contributed by atoms with van der Waals surface area (Å²) in [5.41, 5.74) is 4.78. The van der Waals surface area contributed by atoms with Crippen LogP contribution in [0, 0.1) is 6.92 Å². The molecule has 156 valence electrons. The average molecular weight is 413 g/mol. The van der Waals surface area contributed by atoms with Gasteiger partial charge in [0.2, 0.25) is 5.91 Å². The fraction of sp³-hybridized carbons (Fsp3) is 0.167. The first-order chi connectivity index (χ1) is 15.0. The third kappa shape index (κ3) is 4.16. The number of benzene rings is 2. The second-order valence-electron chi connectivity index (χ2n) is 7.30. The van der Waals surface area contributed by atoms with Crippen molar-refractivity contribution in [3.05, 3.63) is 71.9 Å². The number of nitrogens with one attached hydrogen (secondary N) is 2. The van der Waals surface area contributed by atoms with Crippen molar-refractivity contribution in [1.82, 2.24) is 14.8 Å². The Morgan fingerprint density at radius 3 is 2.48 bits per heavy atom. The first-order valence-electron chi connectivity index (χ1n) is 10.1. The van der Waals surface area contributed by atoms with Crippen molar-refractivity contribution in [2.24, 2.45) is 0 Å². The molecule has 0 saturated heterocycles. The minimum Gasteiger partial charge on any atom is -0.325 e. The van der Waals surface area contributed by atoms with Crippen molar-refractivity contribution >= 4 is 34.2 Å². The minimum atomic E-state index is -0.294. The van der Waals surface area contributed by atoms with Gasteiger partial charge in [0.1, 0.15) is 0 Å². The van der Waals surface area contributed by atoms with Gasteiger partial charge in [-0.3, -0.25) is 9.59 Å². The van der Waals surface area contributed by atoms with Crippen LogP contribution in [0.2, 0.25) is 0 Å². The Labute approximate surface area is 180 Å². The molecule has 0 unspecified atom stereocenters. The molecule has 0 atom stereocenters. The molecule has 7 nitrogen and oxygen atoms in total. The highest BCUT2D eigenvalue weighted by atomic mass is 16.2. The molecule has 0 aliphatic rings. The van der Waals surface area contributed by atoms with E-state index in [-0.39, 0.29) is 11.8 Å². The molecular formula is C24H23N5O2. The lowest BCUT2D eigenvalue weighted by Gasteiger charge is -2.13. The summed E-state index contributed by atoms with van der Waals surface area (Å²) >= 11 is 0. The van der Waals surface area contributed by atoms with Crippen LogP contribution < -0.4 is 10.6 Å². The van der Waals surface area contributed by atoms with E-state index in [0.717, 1.165) is 11.1 Å². The van der Waals surface area contributed by atoms with Crippen molar-refractivity contribution in [3.63, 3.8) is 0 Å². The molecule has 31 heavy (non-hydrogen) atoms. The van der Waals surface area contributed by atoms with E-state index < -0.39 is 0 Å². The number of fused-ring (bicyclic) bond motifs is 1. The summed E-state index contributed by atoms with van der Waals surface area (Å²) in [7, 11) is 0. The van der Waals surface area contributed by atoms with Crippen LogP contribution in [0.15, 0.2) is 60.8 Å². The van der Waals surface area contributed by atoms with Crippen LogP contribution in [0.3, 0.4) is 0 Å². The molecule has 0 spiro atoms. The fourth-order valence-electron chi connectivity index (χ4n) is 3.47. The molecule has 0 aliphatic heterocycles. The van der Waals surface area contributed by atoms with Gasteiger partial charge in [0.15, 0.2) is 5.65 Å². The maximum absolute atomic E-state index is 13.4. The largest absolute Gasteiger partial charge is 0.325 e. The van der Waals surface area contributed by atoms with E-state index in [1.54, 1.807) is 23.0 Å². The fourth-order valence-corrected chi connectivity index (χ4v) is 3.47. The van der Waals surface area contributed by atoms with Gasteiger partial charge in [-0.1, -0.05) is 36.4 Å². The number of hydrogen-bond donors (Lipinski definition) is 2. The number of carbonyl (C=O) groups is 2. The summed E-state index contributed by atoms with van der Waals surface area (Å²) in [5.74, 6) is -0.501. The lowest BCUT2D eigenvalue weighted by Crippen LogP contribution is -2.16. The van der Waals surface area contributed by atoms with E-state index in [0.29, 0.717) is 40.2 Å². The van der Waals surface area contributed by atoms with Gasteiger partial charge in [0, 0.05) is 19.0 Å². The number of hydrogen-bond acceptors (Lipinski definition) is 4. The average Bonchev–Trinajstić information content (AvgIpc) is 3.18. The number of pyridine rings is 1. The van der Waals surface area contributed by atoms with Crippen molar-refractivity contribution in [3.8, 4) is 11.3 Å². The zero-order valence-corrected chi connectivity index (χ0v) is 17.6. The molecule has 0 fully saturated rings. The molecule has 2 aromatic carbocycles. The van der Waals surface area contributed by atoms with Crippen LogP contribution in [0.5, 0.6) is 0 Å². The summed E-state index contributed by atoms with van der Waals surface area (Å²) in [4.78, 5) is 29.7. The van der Waals surface area contributed by atoms with Crippen molar-refractivity contribution in [1.29, 1.82) is 0 Å². The SMILES string of the molecule is CCn1ncc2c(C(=O)Nc3cc(C)ccc3NC(C)=O)cc(-c3ccccc3)nc21. The summed E-state index contributed by atoms with van der Waals surface area (Å²) < 4.78 is 1.77. The minimum absolute atomic E-state index is 0.207. The first-order valence-corrected chi connectivity index (χ1v) is 10.1. The number of anilines is 2. The quantitative estimate of drug-likeness (QED) is 0.499. The van der Waals surface area contributed by atoms with Gasteiger partial charge in [-0.05, 0) is 37.6 Å². The van der Waals surface area contributed by atoms with Gasteiger partial charge in [-0.25, -0.2) is 9.67 Å². The third-order valence-electron chi connectivity index (χ3n) is 4.96. The van der Waals surface area contributed by atoms with Crippen LogP contribution in [-0.4, -0.2) is 26.6 Å². The maximum Gasteiger partial charge on any atom is 0.256 e. The smallest absolute Gasteiger partial charge is 0.256 e. The van der Waals surface area contributed by atoms with Gasteiger partial charge >= 0.3 is 0 Å².